The van der Waals surface area contributed by atoms with E-state index in [1.165, 1.54) is 83.5 Å². The van der Waals surface area contributed by atoms with E-state index < -0.39 is 0 Å². The van der Waals surface area contributed by atoms with Crippen molar-refractivity contribution in [3.05, 3.63) is 0 Å². The molecule has 0 bridgehead atoms. The third-order valence-corrected chi connectivity index (χ3v) is 4.56. The Morgan fingerprint density at radius 1 is 0.800 bits per heavy atom. The second-order valence-corrected chi connectivity index (χ2v) is 7.20. The lowest BCUT2D eigenvalue weighted by Crippen LogP contribution is -2.13. The number of hydrogen-bond acceptors (Lipinski definition) is 1. The molecule has 0 N–H and O–H groups in total. The van der Waals surface area contributed by atoms with Crippen molar-refractivity contribution in [2.24, 2.45) is 5.92 Å². The molecule has 0 aromatic rings. The maximum Gasteiger partial charge on any atom is 0.0582 e. The predicted octanol–water partition coefficient (Wildman–Crippen LogP) is 6.50. The minimum Gasteiger partial charge on any atom is -0.375 e. The van der Waals surface area contributed by atoms with Crippen LogP contribution in [-0.4, -0.2) is 12.2 Å². The van der Waals surface area contributed by atoms with E-state index in [-0.39, 0.29) is 0 Å². The monoisotopic (exact) mass is 282 g/mol. The summed E-state index contributed by atoms with van der Waals surface area (Å²) >= 11 is 0. The van der Waals surface area contributed by atoms with Gasteiger partial charge in [-0.2, -0.15) is 0 Å². The number of ether oxygens (including phenoxy) is 1. The Morgan fingerprint density at radius 3 is 1.95 bits per heavy atom. The first-order chi connectivity index (χ1) is 9.72. The molecule has 2 unspecified atom stereocenters. The van der Waals surface area contributed by atoms with Crippen molar-refractivity contribution in [3.8, 4) is 0 Å². The molecule has 1 nitrogen and oxygen atoms in total. The molecule has 20 heavy (non-hydrogen) atoms. The number of unbranched alkanes of at least 4 members (excludes halogenated alkanes) is 8. The lowest BCUT2D eigenvalue weighted by atomic mass is 10.0. The van der Waals surface area contributed by atoms with Crippen LogP contribution in [0.2, 0.25) is 0 Å². The average Bonchev–Trinajstić information content (AvgIpc) is 2.83. The molecule has 0 spiro atoms. The van der Waals surface area contributed by atoms with Gasteiger partial charge in [0.05, 0.1) is 12.2 Å². The van der Waals surface area contributed by atoms with Gasteiger partial charge in [0.2, 0.25) is 0 Å². The fourth-order valence-electron chi connectivity index (χ4n) is 3.37. The molecule has 2 atom stereocenters. The summed E-state index contributed by atoms with van der Waals surface area (Å²) in [5, 5.41) is 0. The van der Waals surface area contributed by atoms with Crippen LogP contribution in [0.3, 0.4) is 0 Å². The largest absolute Gasteiger partial charge is 0.375 e. The van der Waals surface area contributed by atoms with Crippen LogP contribution in [0.4, 0.5) is 0 Å². The minimum absolute atomic E-state index is 0.568. The highest BCUT2D eigenvalue weighted by Crippen LogP contribution is 2.27. The normalized spacial score (nSPS) is 22.8. The minimum atomic E-state index is 0.568. The Bertz CT molecular complexity index is 212. The molecule has 0 aliphatic carbocycles. The van der Waals surface area contributed by atoms with Gasteiger partial charge in [0.1, 0.15) is 0 Å². The quantitative estimate of drug-likeness (QED) is 0.371. The van der Waals surface area contributed by atoms with E-state index in [4.69, 9.17) is 4.74 Å². The highest BCUT2D eigenvalue weighted by molar-refractivity contribution is 4.74. The summed E-state index contributed by atoms with van der Waals surface area (Å²) in [5.74, 6) is 0.784. The second kappa shape index (κ2) is 11.6. The lowest BCUT2D eigenvalue weighted by Gasteiger charge is -2.15. The summed E-state index contributed by atoms with van der Waals surface area (Å²) < 4.78 is 6.14. The summed E-state index contributed by atoms with van der Waals surface area (Å²) in [6, 6.07) is 0. The van der Waals surface area contributed by atoms with Gasteiger partial charge in [0, 0.05) is 0 Å². The van der Waals surface area contributed by atoms with E-state index >= 15 is 0 Å². The van der Waals surface area contributed by atoms with E-state index in [2.05, 4.69) is 20.8 Å². The van der Waals surface area contributed by atoms with E-state index in [1.54, 1.807) is 0 Å². The van der Waals surface area contributed by atoms with Crippen LogP contribution in [0.5, 0.6) is 0 Å². The van der Waals surface area contributed by atoms with Gasteiger partial charge in [-0.1, -0.05) is 78.6 Å². The van der Waals surface area contributed by atoms with Crippen LogP contribution in [0.1, 0.15) is 104 Å². The summed E-state index contributed by atoms with van der Waals surface area (Å²) in [6.45, 7) is 6.89. The number of rotatable bonds is 12. The van der Waals surface area contributed by atoms with Crippen molar-refractivity contribution in [1.82, 2.24) is 0 Å². The Hall–Kier alpha value is -0.0400. The van der Waals surface area contributed by atoms with Gasteiger partial charge in [-0.05, 0) is 31.6 Å². The van der Waals surface area contributed by atoms with Crippen molar-refractivity contribution < 1.29 is 4.74 Å². The Morgan fingerprint density at radius 2 is 1.35 bits per heavy atom. The van der Waals surface area contributed by atoms with Gasteiger partial charge >= 0.3 is 0 Å². The summed E-state index contributed by atoms with van der Waals surface area (Å²) in [6.07, 6.45) is 19.2. The summed E-state index contributed by atoms with van der Waals surface area (Å²) in [7, 11) is 0. The van der Waals surface area contributed by atoms with Crippen LogP contribution >= 0.6 is 0 Å². The zero-order valence-corrected chi connectivity index (χ0v) is 14.3. The third-order valence-electron chi connectivity index (χ3n) is 4.56. The van der Waals surface area contributed by atoms with Gasteiger partial charge in [-0.15, -0.1) is 0 Å². The zero-order valence-electron chi connectivity index (χ0n) is 14.3. The van der Waals surface area contributed by atoms with E-state index in [9.17, 15) is 0 Å². The fraction of sp³-hybridized carbons (Fsp3) is 1.00. The molecule has 0 aromatic heterocycles. The smallest absolute Gasteiger partial charge is 0.0582 e. The highest BCUT2D eigenvalue weighted by atomic mass is 16.5. The molecular weight excluding hydrogens is 244 g/mol. The molecule has 0 amide bonds. The second-order valence-electron chi connectivity index (χ2n) is 7.20. The molecule has 1 aliphatic rings. The topological polar surface area (TPSA) is 9.23 Å². The van der Waals surface area contributed by atoms with Crippen molar-refractivity contribution >= 4 is 0 Å². The van der Waals surface area contributed by atoms with Gasteiger partial charge < -0.3 is 4.74 Å². The van der Waals surface area contributed by atoms with Crippen molar-refractivity contribution in [2.45, 2.75) is 116 Å². The first-order valence-corrected chi connectivity index (χ1v) is 9.37. The van der Waals surface area contributed by atoms with Crippen LogP contribution < -0.4 is 0 Å². The Balaban J connectivity index is 1.85. The fourth-order valence-corrected chi connectivity index (χ4v) is 3.37. The highest BCUT2D eigenvalue weighted by Gasteiger charge is 2.24. The van der Waals surface area contributed by atoms with Crippen molar-refractivity contribution in [3.63, 3.8) is 0 Å². The Kier molecular flexibility index (Phi) is 10.4. The van der Waals surface area contributed by atoms with Crippen molar-refractivity contribution in [1.29, 1.82) is 0 Å². The van der Waals surface area contributed by atoms with E-state index in [0.29, 0.717) is 12.2 Å². The van der Waals surface area contributed by atoms with Crippen LogP contribution in [0, 0.1) is 5.92 Å². The average molecular weight is 283 g/mol. The standard InChI is InChI=1S/C19H38O/c1-4-5-6-7-8-9-10-11-12-13-18-14-15-19(20-18)16-17(2)3/h17-19H,4-16H2,1-3H3. The molecule has 0 aromatic carbocycles. The zero-order chi connectivity index (χ0) is 14.6. The van der Waals surface area contributed by atoms with Crippen LogP contribution in [-0.2, 0) is 4.74 Å². The molecule has 0 saturated carbocycles. The van der Waals surface area contributed by atoms with Gasteiger partial charge in [-0.3, -0.25) is 0 Å². The van der Waals surface area contributed by atoms with Gasteiger partial charge in [0.15, 0.2) is 0 Å². The SMILES string of the molecule is CCCCCCCCCCCC1CCC(CC(C)C)O1. The predicted molar refractivity (Wildman–Crippen MR) is 89.2 cm³/mol. The number of hydrogen-bond donors (Lipinski definition) is 0. The molecule has 1 fully saturated rings. The van der Waals surface area contributed by atoms with Crippen LogP contribution in [0.25, 0.3) is 0 Å². The lowest BCUT2D eigenvalue weighted by molar-refractivity contribution is 0.0285. The van der Waals surface area contributed by atoms with Crippen LogP contribution in [0.15, 0.2) is 0 Å². The maximum absolute atomic E-state index is 6.14. The van der Waals surface area contributed by atoms with Crippen molar-refractivity contribution in [2.75, 3.05) is 0 Å². The first kappa shape index (κ1) is 18.0. The molecule has 1 aliphatic heterocycles. The first-order valence-electron chi connectivity index (χ1n) is 9.37. The molecular formula is C19H38O. The summed E-state index contributed by atoms with van der Waals surface area (Å²) in [5.41, 5.74) is 0. The summed E-state index contributed by atoms with van der Waals surface area (Å²) in [4.78, 5) is 0. The molecule has 1 saturated heterocycles. The van der Waals surface area contributed by atoms with Gasteiger partial charge in [-0.25, -0.2) is 0 Å². The molecule has 0 radical (unpaired) electrons. The maximum atomic E-state index is 6.14. The molecule has 120 valence electrons. The van der Waals surface area contributed by atoms with E-state index in [1.807, 2.05) is 0 Å². The van der Waals surface area contributed by atoms with Gasteiger partial charge in [0.25, 0.3) is 0 Å². The molecule has 1 heteroatoms. The Labute approximate surface area is 127 Å². The molecule has 1 heterocycles. The third kappa shape index (κ3) is 9.00. The molecule has 1 rings (SSSR count). The van der Waals surface area contributed by atoms with E-state index in [0.717, 1.165) is 5.92 Å².